The van der Waals surface area contributed by atoms with E-state index in [1.165, 1.54) is 26.3 Å². The number of carboxylic acid groups (broad SMARTS) is 1. The highest BCUT2D eigenvalue weighted by Crippen LogP contribution is 2.37. The Balaban J connectivity index is 1.60. The van der Waals surface area contributed by atoms with Crippen molar-refractivity contribution in [3.8, 4) is 0 Å². The number of rotatable bonds is 22. The van der Waals surface area contributed by atoms with Crippen molar-refractivity contribution in [1.29, 1.82) is 0 Å². The minimum atomic E-state index is -5.57. The first-order valence-corrected chi connectivity index (χ1v) is 21.4. The topological polar surface area (TPSA) is 343 Å². The number of hydrogen-bond donors (Lipinski definition) is 7. The number of aliphatic hydroxyl groups is 4. The van der Waals surface area contributed by atoms with E-state index in [0.29, 0.717) is 22.3 Å². The van der Waals surface area contributed by atoms with Crippen LogP contribution in [0.15, 0.2) is 21.9 Å². The van der Waals surface area contributed by atoms with Crippen LogP contribution in [0.1, 0.15) is 83.8 Å². The molecule has 8 N–H and O–H groups in total. The molecule has 60 heavy (non-hydrogen) atoms. The molecule has 0 radical (unpaired) electrons. The van der Waals surface area contributed by atoms with Gasteiger partial charge in [0.05, 0.1) is 12.5 Å². The summed E-state index contributed by atoms with van der Waals surface area (Å²) in [6.07, 6.45) is -9.65. The van der Waals surface area contributed by atoms with Gasteiger partial charge in [-0.25, -0.2) is 18.0 Å². The summed E-state index contributed by atoms with van der Waals surface area (Å²) in [5.41, 5.74) is 3.78. The number of likely N-dealkylation sites (N-methyl/N-ethyl adjacent to an activating group) is 2. The van der Waals surface area contributed by atoms with Crippen LogP contribution in [-0.2, 0) is 47.9 Å². The molecule has 1 amide bonds. The summed E-state index contributed by atoms with van der Waals surface area (Å²) >= 11 is 0. The zero-order valence-corrected chi connectivity index (χ0v) is 34.5. The van der Waals surface area contributed by atoms with Crippen LogP contribution in [0.3, 0.4) is 0 Å². The second kappa shape index (κ2) is 22.1. The zero-order chi connectivity index (χ0) is 44.5. The Morgan fingerprint density at radius 2 is 1.63 bits per heavy atom. The van der Waals surface area contributed by atoms with Crippen molar-refractivity contribution in [2.24, 2.45) is 5.73 Å². The fraction of sp³-hybridized carbons (Fsp3) is 0.806. The van der Waals surface area contributed by atoms with Gasteiger partial charge in [-0.3, -0.25) is 33.0 Å². The van der Waals surface area contributed by atoms with Gasteiger partial charge in [0.1, 0.15) is 48.8 Å². The molecule has 3 saturated heterocycles. The van der Waals surface area contributed by atoms with Crippen LogP contribution in [0, 0.1) is 0 Å². The number of carbonyl (C=O) groups excluding carboxylic acids is 2. The third-order valence-electron chi connectivity index (χ3n) is 11.0. The molecule has 4 heterocycles. The number of aromatic nitrogens is 2. The maximum atomic E-state index is 14.4. The minimum absolute atomic E-state index is 0.292. The van der Waals surface area contributed by atoms with Gasteiger partial charge in [-0.2, -0.15) is 0 Å². The third kappa shape index (κ3) is 12.6. The number of aromatic amines is 1. The van der Waals surface area contributed by atoms with Gasteiger partial charge in [0.15, 0.2) is 24.7 Å². The number of nitrogens with one attached hydrogen (secondary N) is 1. The Morgan fingerprint density at radius 1 is 1.00 bits per heavy atom. The molecule has 0 spiro atoms. The van der Waals surface area contributed by atoms with E-state index < -0.39 is 139 Å². The van der Waals surface area contributed by atoms with Crippen LogP contribution < -0.4 is 17.0 Å². The van der Waals surface area contributed by atoms with Crippen molar-refractivity contribution in [3.63, 3.8) is 0 Å². The van der Waals surface area contributed by atoms with Crippen molar-refractivity contribution in [3.05, 3.63) is 33.1 Å². The van der Waals surface area contributed by atoms with Crippen LogP contribution in [0.2, 0.25) is 0 Å². The van der Waals surface area contributed by atoms with Gasteiger partial charge in [0, 0.05) is 32.4 Å². The van der Waals surface area contributed by atoms with Crippen LogP contribution in [0.25, 0.3) is 0 Å². The summed E-state index contributed by atoms with van der Waals surface area (Å²) in [5.74, 6) is -3.63. The maximum Gasteiger partial charge on any atom is 0.330 e. The van der Waals surface area contributed by atoms with Gasteiger partial charge < -0.3 is 59.7 Å². The Labute approximate surface area is 346 Å². The highest BCUT2D eigenvalue weighted by molar-refractivity contribution is 7.80. The lowest BCUT2D eigenvalue weighted by molar-refractivity contribution is -0.230. The molecule has 1 aromatic heterocycles. The normalized spacial score (nSPS) is 31.2. The highest BCUT2D eigenvalue weighted by atomic mass is 32.3. The smallest absolute Gasteiger partial charge is 0.330 e. The lowest BCUT2D eigenvalue weighted by Crippen LogP contribution is -2.60. The third-order valence-corrected chi connectivity index (χ3v) is 11.4. The number of H-pyrrole nitrogens is 1. The first-order valence-electron chi connectivity index (χ1n) is 20.0. The number of nitrogens with two attached hydrogens (primary N) is 1. The van der Waals surface area contributed by atoms with Gasteiger partial charge >= 0.3 is 17.6 Å². The molecular formula is C36H58N5O18S-. The number of carboxylic acids is 1. The van der Waals surface area contributed by atoms with E-state index >= 15 is 0 Å². The van der Waals surface area contributed by atoms with Crippen LogP contribution in [0.4, 0.5) is 0 Å². The van der Waals surface area contributed by atoms with E-state index in [4.69, 9.17) is 24.7 Å². The Kier molecular flexibility index (Phi) is 18.1. The number of esters is 1. The van der Waals surface area contributed by atoms with Crippen molar-refractivity contribution < 1.29 is 76.0 Å². The van der Waals surface area contributed by atoms with Crippen molar-refractivity contribution in [2.45, 2.75) is 157 Å². The van der Waals surface area contributed by atoms with Crippen LogP contribution in [0.5, 0.6) is 0 Å². The molecule has 4 rings (SSSR count). The van der Waals surface area contributed by atoms with Crippen molar-refractivity contribution in [2.75, 3.05) is 27.2 Å². The second-order valence-electron chi connectivity index (χ2n) is 15.4. The van der Waals surface area contributed by atoms with E-state index in [-0.39, 0.29) is 0 Å². The molecule has 13 atom stereocenters. The Bertz CT molecular complexity index is 1810. The molecule has 24 heteroatoms. The number of amides is 1. The van der Waals surface area contributed by atoms with Crippen molar-refractivity contribution >= 4 is 28.2 Å². The molecule has 3 aliphatic rings. The molecular weight excluding hydrogens is 822 g/mol. The SMILES string of the molecule is CCCCCCCCCCC[C@H](O)CC(=O)O[C@H]1CN(C)[C@@H]([C@H](O[C@@H]2O[C@H](CN)[C@@H](O)[C@H]2OS(=O)(=O)[O-])[C@H]2O[C@@H](n3ccc(=O)[nH]c3=O)[C@H](O)[C@@H]2O)C(=O)N(C)[C@@H]1C(=O)O. The Morgan fingerprint density at radius 3 is 2.22 bits per heavy atom. The number of nitrogens with zero attached hydrogens (tertiary/aromatic N) is 3. The lowest BCUT2D eigenvalue weighted by atomic mass is 9.97. The number of aliphatic hydroxyl groups excluding tert-OH is 4. The monoisotopic (exact) mass is 880 g/mol. The lowest BCUT2D eigenvalue weighted by Gasteiger charge is -2.38. The predicted molar refractivity (Wildman–Crippen MR) is 203 cm³/mol. The van der Waals surface area contributed by atoms with Gasteiger partial charge in [0.2, 0.25) is 16.3 Å². The molecule has 1 aromatic rings. The fourth-order valence-corrected chi connectivity index (χ4v) is 8.32. The first kappa shape index (κ1) is 49.3. The molecule has 23 nitrogen and oxygen atoms in total. The summed E-state index contributed by atoms with van der Waals surface area (Å²) in [5, 5.41) is 54.2. The molecule has 3 aliphatic heterocycles. The molecule has 0 saturated carbocycles. The summed E-state index contributed by atoms with van der Waals surface area (Å²) < 4.78 is 63.5. The van der Waals surface area contributed by atoms with E-state index in [2.05, 4.69) is 11.1 Å². The molecule has 0 bridgehead atoms. The molecule has 0 aromatic carbocycles. The van der Waals surface area contributed by atoms with Gasteiger partial charge in [-0.15, -0.1) is 0 Å². The second-order valence-corrected chi connectivity index (χ2v) is 16.5. The summed E-state index contributed by atoms with van der Waals surface area (Å²) in [6.45, 7) is 1.16. The van der Waals surface area contributed by atoms with E-state index in [1.54, 1.807) is 0 Å². The fourth-order valence-electron chi connectivity index (χ4n) is 7.85. The number of carbonyl (C=O) groups is 3. The average molecular weight is 881 g/mol. The summed E-state index contributed by atoms with van der Waals surface area (Å²) in [6, 6.07) is -2.72. The molecule has 0 aliphatic carbocycles. The quantitative estimate of drug-likeness (QED) is 0.0268. The van der Waals surface area contributed by atoms with Gasteiger partial charge in [0.25, 0.3) is 5.56 Å². The van der Waals surface area contributed by atoms with Crippen LogP contribution >= 0.6 is 0 Å². The standard InChI is InChI=1S/C36H59N5O18S/c1-4-5-6-7-8-9-10-11-12-13-19(42)16-23(44)55-21-18-39(2)25(32(48)40(3)24(21)34(49)50)29(58-35-31(59-60(52,53)54)26(45)20(17-37)56-35)30-27(46)28(47)33(57-30)41-15-14-22(43)38-36(41)51/h14-15,19-21,24-31,33,35,42,45-47H,4-13,16-18,37H2,1-3H3,(H,49,50)(H,38,43,51)(H,52,53,54)/p-1/t19-,20+,21-,24-,25-,26+,27-,28+,29-,30-,31+,33+,35-/m0/s1. The van der Waals surface area contributed by atoms with E-state index in [9.17, 15) is 62.5 Å². The average Bonchev–Trinajstić information content (AvgIpc) is 3.58. The predicted octanol–water partition coefficient (Wildman–Crippen LogP) is -2.76. The van der Waals surface area contributed by atoms with Gasteiger partial charge in [-0.1, -0.05) is 64.7 Å². The maximum absolute atomic E-state index is 14.4. The number of aliphatic carboxylic acids is 1. The number of unbranched alkanes of at least 4 members (excludes halogenated alkanes) is 8. The van der Waals surface area contributed by atoms with Gasteiger partial charge in [-0.05, 0) is 13.5 Å². The number of ether oxygens (including phenoxy) is 4. The first-order chi connectivity index (χ1) is 28.3. The number of hydrogen-bond acceptors (Lipinski definition) is 19. The van der Waals surface area contributed by atoms with Crippen LogP contribution in [-0.4, -0.2) is 176 Å². The summed E-state index contributed by atoms with van der Waals surface area (Å²) in [7, 11) is -3.21. The van der Waals surface area contributed by atoms with E-state index in [1.807, 2.05) is 4.98 Å². The van der Waals surface area contributed by atoms with E-state index in [0.717, 1.165) is 56.3 Å². The Hall–Kier alpha value is -3.40. The van der Waals surface area contributed by atoms with Crippen molar-refractivity contribution in [1.82, 2.24) is 19.4 Å². The minimum Gasteiger partial charge on any atom is -0.726 e. The summed E-state index contributed by atoms with van der Waals surface area (Å²) in [4.78, 5) is 68.6. The molecule has 0 unspecified atom stereocenters. The largest absolute Gasteiger partial charge is 0.726 e. The molecule has 3 fully saturated rings. The highest BCUT2D eigenvalue weighted by Gasteiger charge is 2.57. The molecule has 342 valence electrons. The zero-order valence-electron chi connectivity index (χ0n) is 33.7.